The van der Waals surface area contributed by atoms with Crippen molar-refractivity contribution in [3.63, 3.8) is 0 Å². The Balaban J connectivity index is 2.50. The Morgan fingerprint density at radius 3 is 2.67 bits per heavy atom. The topological polar surface area (TPSA) is 48.4 Å². The molecule has 0 fully saturated rings. The van der Waals surface area contributed by atoms with Crippen LogP contribution >= 0.6 is 0 Å². The molecule has 0 aliphatic carbocycles. The van der Waals surface area contributed by atoms with E-state index in [1.165, 1.54) is 0 Å². The zero-order valence-corrected chi connectivity index (χ0v) is 9.57. The summed E-state index contributed by atoms with van der Waals surface area (Å²) in [6.45, 7) is 2.84. The maximum atomic E-state index is 8.84. The van der Waals surface area contributed by atoms with Crippen LogP contribution in [0.5, 0.6) is 0 Å². The number of aromatic nitrogens is 1. The molecule has 1 atom stereocenters. The normalized spacial score (nSPS) is 12.5. The fourth-order valence-corrected chi connectivity index (χ4v) is 1.14. The summed E-state index contributed by atoms with van der Waals surface area (Å²) in [6, 6.07) is 4.15. The van der Waals surface area contributed by atoms with Gasteiger partial charge in [-0.05, 0) is 18.6 Å². The van der Waals surface area contributed by atoms with Crippen LogP contribution in [-0.4, -0.2) is 36.8 Å². The molecule has 84 valence electrons. The summed E-state index contributed by atoms with van der Waals surface area (Å²) in [7, 11) is 3.93. The van der Waals surface area contributed by atoms with Crippen LogP contribution in [0.25, 0.3) is 0 Å². The molecule has 1 aromatic heterocycles. The number of nitrogens with zero attached hydrogens (tertiary/aromatic N) is 2. The lowest BCUT2D eigenvalue weighted by Crippen LogP contribution is -2.28. The molecule has 15 heavy (non-hydrogen) atoms. The Kier molecular flexibility index (Phi) is 4.52. The molecule has 0 bridgehead atoms. The number of aliphatic hydroxyl groups excluding tert-OH is 1. The van der Waals surface area contributed by atoms with Crippen molar-refractivity contribution in [3.8, 4) is 0 Å². The summed E-state index contributed by atoms with van der Waals surface area (Å²) in [6.07, 6.45) is 1.85. The summed E-state index contributed by atoms with van der Waals surface area (Å²) in [5.41, 5.74) is 1.13. The highest BCUT2D eigenvalue weighted by Gasteiger charge is 2.00. The Hall–Kier alpha value is -1.13. The minimum atomic E-state index is 0.124. The van der Waals surface area contributed by atoms with E-state index in [0.29, 0.717) is 0 Å². The Labute approximate surface area is 90.9 Å². The lowest BCUT2D eigenvalue weighted by molar-refractivity contribution is 0.251. The summed E-state index contributed by atoms with van der Waals surface area (Å²) in [4.78, 5) is 6.27. The molecule has 0 radical (unpaired) electrons. The molecular formula is C11H19N3O. The minimum absolute atomic E-state index is 0.124. The molecule has 0 aliphatic rings. The number of hydrogen-bond donors (Lipinski definition) is 2. The molecule has 0 unspecified atom stereocenters. The van der Waals surface area contributed by atoms with Gasteiger partial charge in [0.25, 0.3) is 0 Å². The average Bonchev–Trinajstić information content (AvgIpc) is 2.26. The maximum absolute atomic E-state index is 8.84. The van der Waals surface area contributed by atoms with E-state index in [9.17, 15) is 0 Å². The summed E-state index contributed by atoms with van der Waals surface area (Å²) >= 11 is 0. The number of pyridine rings is 1. The highest BCUT2D eigenvalue weighted by atomic mass is 16.3. The minimum Gasteiger partial charge on any atom is -0.395 e. The molecular weight excluding hydrogens is 190 g/mol. The SMILES string of the molecule is C[C@@H](CO)NCc1ccc(N(C)C)nc1. The van der Waals surface area contributed by atoms with E-state index < -0.39 is 0 Å². The summed E-state index contributed by atoms with van der Waals surface area (Å²) < 4.78 is 0. The van der Waals surface area contributed by atoms with Crippen molar-refractivity contribution in [2.24, 2.45) is 0 Å². The second-order valence-electron chi connectivity index (χ2n) is 3.88. The lowest BCUT2D eigenvalue weighted by atomic mass is 10.2. The zero-order valence-electron chi connectivity index (χ0n) is 9.57. The standard InChI is InChI=1S/C11H19N3O/c1-9(8-15)12-6-10-4-5-11(13-7-10)14(2)3/h4-5,7,9,12,15H,6,8H2,1-3H3/t9-/m0/s1. The van der Waals surface area contributed by atoms with Gasteiger partial charge in [-0.1, -0.05) is 6.07 Å². The van der Waals surface area contributed by atoms with Gasteiger partial charge in [0.05, 0.1) is 6.61 Å². The van der Waals surface area contributed by atoms with E-state index >= 15 is 0 Å². The van der Waals surface area contributed by atoms with Crippen LogP contribution in [-0.2, 0) is 6.54 Å². The van der Waals surface area contributed by atoms with Crippen molar-refractivity contribution in [2.75, 3.05) is 25.6 Å². The average molecular weight is 209 g/mol. The van der Waals surface area contributed by atoms with Crippen molar-refractivity contribution in [1.29, 1.82) is 0 Å². The van der Waals surface area contributed by atoms with Crippen molar-refractivity contribution in [3.05, 3.63) is 23.9 Å². The van der Waals surface area contributed by atoms with Crippen molar-refractivity contribution in [1.82, 2.24) is 10.3 Å². The molecule has 2 N–H and O–H groups in total. The van der Waals surface area contributed by atoms with E-state index in [1.807, 2.05) is 44.2 Å². The van der Waals surface area contributed by atoms with Crippen molar-refractivity contribution >= 4 is 5.82 Å². The molecule has 0 spiro atoms. The first kappa shape index (κ1) is 11.9. The van der Waals surface area contributed by atoms with Crippen LogP contribution in [0.2, 0.25) is 0 Å². The number of aliphatic hydroxyl groups is 1. The van der Waals surface area contributed by atoms with Gasteiger partial charge in [0.1, 0.15) is 5.82 Å². The molecule has 0 aliphatic heterocycles. The third-order valence-electron chi connectivity index (χ3n) is 2.20. The number of anilines is 1. The van der Waals surface area contributed by atoms with Crippen molar-refractivity contribution in [2.45, 2.75) is 19.5 Å². The van der Waals surface area contributed by atoms with E-state index in [4.69, 9.17) is 5.11 Å². The van der Waals surface area contributed by atoms with Gasteiger partial charge in [0.2, 0.25) is 0 Å². The van der Waals surface area contributed by atoms with Gasteiger partial charge in [-0.2, -0.15) is 0 Å². The first-order chi connectivity index (χ1) is 7.13. The van der Waals surface area contributed by atoms with Gasteiger partial charge in [0.15, 0.2) is 0 Å². The Bertz CT molecular complexity index is 284. The zero-order chi connectivity index (χ0) is 11.3. The molecule has 0 aromatic carbocycles. The van der Waals surface area contributed by atoms with Crippen LogP contribution in [0.15, 0.2) is 18.3 Å². The highest BCUT2D eigenvalue weighted by Crippen LogP contribution is 2.07. The van der Waals surface area contributed by atoms with Crippen molar-refractivity contribution < 1.29 is 5.11 Å². The first-order valence-corrected chi connectivity index (χ1v) is 5.10. The Morgan fingerprint density at radius 1 is 1.47 bits per heavy atom. The van der Waals surface area contributed by atoms with E-state index in [-0.39, 0.29) is 12.6 Å². The lowest BCUT2D eigenvalue weighted by Gasteiger charge is -2.13. The predicted octanol–water partition coefficient (Wildman–Crippen LogP) is 0.618. The van der Waals surface area contributed by atoms with Gasteiger partial charge < -0.3 is 15.3 Å². The van der Waals surface area contributed by atoms with E-state index in [1.54, 1.807) is 0 Å². The van der Waals surface area contributed by atoms with Gasteiger partial charge >= 0.3 is 0 Å². The van der Waals surface area contributed by atoms with Crippen LogP contribution in [0.3, 0.4) is 0 Å². The molecule has 1 aromatic rings. The van der Waals surface area contributed by atoms with Crippen LogP contribution < -0.4 is 10.2 Å². The van der Waals surface area contributed by atoms with Crippen LogP contribution in [0.1, 0.15) is 12.5 Å². The molecule has 1 heterocycles. The number of hydrogen-bond acceptors (Lipinski definition) is 4. The van der Waals surface area contributed by atoms with Crippen LogP contribution in [0, 0.1) is 0 Å². The molecule has 4 heteroatoms. The van der Waals surface area contributed by atoms with Gasteiger partial charge in [-0.15, -0.1) is 0 Å². The maximum Gasteiger partial charge on any atom is 0.127 e. The summed E-state index contributed by atoms with van der Waals surface area (Å²) in [5, 5.41) is 12.0. The third-order valence-corrected chi connectivity index (χ3v) is 2.20. The monoisotopic (exact) mass is 209 g/mol. The first-order valence-electron chi connectivity index (χ1n) is 5.10. The second-order valence-corrected chi connectivity index (χ2v) is 3.88. The summed E-state index contributed by atoms with van der Waals surface area (Å²) in [5.74, 6) is 0.953. The fourth-order valence-electron chi connectivity index (χ4n) is 1.14. The van der Waals surface area contributed by atoms with Gasteiger partial charge in [-0.3, -0.25) is 0 Å². The highest BCUT2D eigenvalue weighted by molar-refractivity contribution is 5.37. The number of nitrogens with one attached hydrogen (secondary N) is 1. The molecule has 4 nitrogen and oxygen atoms in total. The van der Waals surface area contributed by atoms with Crippen LogP contribution in [0.4, 0.5) is 5.82 Å². The molecule has 0 saturated carbocycles. The van der Waals surface area contributed by atoms with Gasteiger partial charge in [0, 0.05) is 32.9 Å². The predicted molar refractivity (Wildman–Crippen MR) is 62.0 cm³/mol. The van der Waals surface area contributed by atoms with E-state index in [2.05, 4.69) is 10.3 Å². The smallest absolute Gasteiger partial charge is 0.127 e. The quantitative estimate of drug-likeness (QED) is 0.746. The Morgan fingerprint density at radius 2 is 2.20 bits per heavy atom. The molecule has 0 amide bonds. The van der Waals surface area contributed by atoms with Gasteiger partial charge in [-0.25, -0.2) is 4.98 Å². The molecule has 0 saturated heterocycles. The second kappa shape index (κ2) is 5.68. The third kappa shape index (κ3) is 3.85. The van der Waals surface area contributed by atoms with E-state index in [0.717, 1.165) is 17.9 Å². The number of rotatable bonds is 5. The fraction of sp³-hybridized carbons (Fsp3) is 0.545. The largest absolute Gasteiger partial charge is 0.395 e. The molecule has 1 rings (SSSR count).